The Labute approximate surface area is 228 Å². The lowest BCUT2D eigenvalue weighted by Crippen LogP contribution is -2.53. The Kier molecular flexibility index (Phi) is 10.3. The van der Waals surface area contributed by atoms with E-state index in [-0.39, 0.29) is 24.6 Å². The van der Waals surface area contributed by atoms with Crippen molar-refractivity contribution in [2.75, 3.05) is 23.7 Å². The van der Waals surface area contributed by atoms with Crippen LogP contribution in [-0.2, 0) is 32.6 Å². The molecule has 0 saturated carbocycles. The van der Waals surface area contributed by atoms with Crippen LogP contribution in [0.3, 0.4) is 0 Å². The van der Waals surface area contributed by atoms with Gasteiger partial charge in [0.15, 0.2) is 0 Å². The lowest BCUT2D eigenvalue weighted by Gasteiger charge is -2.33. The zero-order valence-corrected chi connectivity index (χ0v) is 22.9. The molecule has 0 saturated heterocycles. The normalized spacial score (nSPS) is 12.0. The molecule has 3 aromatic carbocycles. The van der Waals surface area contributed by atoms with Crippen LogP contribution in [0.4, 0.5) is 10.1 Å². The van der Waals surface area contributed by atoms with E-state index in [4.69, 9.17) is 11.6 Å². The summed E-state index contributed by atoms with van der Waals surface area (Å²) >= 11 is 6.04. The van der Waals surface area contributed by atoms with Crippen molar-refractivity contribution in [3.8, 4) is 0 Å². The zero-order valence-electron chi connectivity index (χ0n) is 21.3. The number of benzene rings is 3. The molecule has 0 unspecified atom stereocenters. The fourth-order valence-electron chi connectivity index (χ4n) is 3.95. The molecule has 2 amide bonds. The van der Waals surface area contributed by atoms with Gasteiger partial charge in [0.25, 0.3) is 0 Å². The van der Waals surface area contributed by atoms with Crippen molar-refractivity contribution < 1.29 is 22.4 Å². The first-order valence-corrected chi connectivity index (χ1v) is 14.4. The Morgan fingerprint density at radius 2 is 1.66 bits per heavy atom. The highest BCUT2D eigenvalue weighted by Gasteiger charge is 2.33. The summed E-state index contributed by atoms with van der Waals surface area (Å²) < 4.78 is 40.1. The summed E-state index contributed by atoms with van der Waals surface area (Å²) in [7, 11) is -3.96. The van der Waals surface area contributed by atoms with Crippen molar-refractivity contribution in [1.82, 2.24) is 10.2 Å². The average Bonchev–Trinajstić information content (AvgIpc) is 2.88. The number of carbonyl (C=O) groups is 2. The summed E-state index contributed by atoms with van der Waals surface area (Å²) in [6, 6.07) is 20.2. The first kappa shape index (κ1) is 29.1. The molecule has 3 aromatic rings. The van der Waals surface area contributed by atoms with Crippen molar-refractivity contribution in [2.24, 2.45) is 0 Å². The van der Waals surface area contributed by atoms with Crippen LogP contribution < -0.4 is 9.62 Å². The summed E-state index contributed by atoms with van der Waals surface area (Å²) in [4.78, 5) is 28.6. The number of amides is 2. The van der Waals surface area contributed by atoms with Crippen molar-refractivity contribution in [2.45, 2.75) is 32.4 Å². The van der Waals surface area contributed by atoms with Crippen LogP contribution in [0.25, 0.3) is 0 Å². The van der Waals surface area contributed by atoms with Crippen LogP contribution in [0.1, 0.15) is 24.5 Å². The third-order valence-electron chi connectivity index (χ3n) is 5.86. The lowest BCUT2D eigenvalue weighted by molar-refractivity contribution is -0.140. The molecule has 7 nitrogen and oxygen atoms in total. The Balaban J connectivity index is 2.03. The topological polar surface area (TPSA) is 86.8 Å². The Hall–Kier alpha value is -3.43. The predicted octanol–water partition coefficient (Wildman–Crippen LogP) is 4.41. The second-order valence-corrected chi connectivity index (χ2v) is 11.2. The van der Waals surface area contributed by atoms with Crippen molar-refractivity contribution in [3.05, 3.63) is 101 Å². The average molecular weight is 560 g/mol. The summed E-state index contributed by atoms with van der Waals surface area (Å²) in [5.74, 6) is -1.60. The summed E-state index contributed by atoms with van der Waals surface area (Å²) in [6.45, 7) is 1.77. The first-order valence-electron chi connectivity index (χ1n) is 12.2. The molecule has 0 fully saturated rings. The van der Waals surface area contributed by atoms with Gasteiger partial charge in [-0.25, -0.2) is 12.8 Å². The van der Waals surface area contributed by atoms with E-state index in [1.165, 1.54) is 23.1 Å². The highest BCUT2D eigenvalue weighted by Crippen LogP contribution is 2.21. The van der Waals surface area contributed by atoms with Gasteiger partial charge in [0.05, 0.1) is 11.9 Å². The Bertz CT molecular complexity index is 1340. The van der Waals surface area contributed by atoms with Crippen molar-refractivity contribution in [1.29, 1.82) is 0 Å². The molecular weight excluding hydrogens is 529 g/mol. The number of nitrogens with one attached hydrogen (secondary N) is 1. The molecule has 0 radical (unpaired) electrons. The minimum Gasteiger partial charge on any atom is -0.354 e. The maximum absolute atomic E-state index is 13.9. The second kappa shape index (κ2) is 13.4. The highest BCUT2D eigenvalue weighted by atomic mass is 35.5. The van der Waals surface area contributed by atoms with Gasteiger partial charge in [-0.3, -0.25) is 13.9 Å². The van der Waals surface area contributed by atoms with E-state index < -0.39 is 34.3 Å². The smallest absolute Gasteiger partial charge is 0.244 e. The monoisotopic (exact) mass is 559 g/mol. The van der Waals surface area contributed by atoms with Crippen LogP contribution in [0.5, 0.6) is 0 Å². The molecule has 38 heavy (non-hydrogen) atoms. The van der Waals surface area contributed by atoms with E-state index in [1.54, 1.807) is 24.3 Å². The lowest BCUT2D eigenvalue weighted by atomic mass is 10.0. The molecule has 0 aliphatic heterocycles. The Morgan fingerprint density at radius 1 is 0.974 bits per heavy atom. The van der Waals surface area contributed by atoms with Crippen LogP contribution in [0.2, 0.25) is 5.02 Å². The van der Waals surface area contributed by atoms with Crippen molar-refractivity contribution >= 4 is 39.1 Å². The molecule has 3 rings (SSSR count). The standard InChI is InChI=1S/C28H31ClFN3O4S/c1-3-16-31-28(35)26(17-21-8-5-4-6-9-21)32(19-22-12-14-23(29)15-13-22)27(34)20-33(38(2,36)37)25-11-7-10-24(30)18-25/h4-15,18,26H,3,16-17,19-20H2,1-2H3,(H,31,35)/t26-/m0/s1. The number of nitrogens with zero attached hydrogens (tertiary/aromatic N) is 2. The fraction of sp³-hybridized carbons (Fsp3) is 0.286. The van der Waals surface area contributed by atoms with Gasteiger partial charge in [0.1, 0.15) is 18.4 Å². The number of rotatable bonds is 12. The van der Waals surface area contributed by atoms with Crippen molar-refractivity contribution in [3.63, 3.8) is 0 Å². The van der Waals surface area contributed by atoms with Crippen LogP contribution in [0, 0.1) is 5.82 Å². The maximum atomic E-state index is 13.9. The van der Waals surface area contributed by atoms with E-state index >= 15 is 0 Å². The molecule has 1 N–H and O–H groups in total. The molecule has 0 aromatic heterocycles. The Morgan fingerprint density at radius 3 is 2.26 bits per heavy atom. The van der Waals surface area contributed by atoms with Gasteiger partial charge < -0.3 is 10.2 Å². The first-order chi connectivity index (χ1) is 18.1. The number of carbonyl (C=O) groups excluding carboxylic acids is 2. The van der Waals surface area contributed by atoms with Crippen LogP contribution in [-0.4, -0.2) is 50.5 Å². The molecule has 0 spiro atoms. The highest BCUT2D eigenvalue weighted by molar-refractivity contribution is 7.92. The second-order valence-electron chi connectivity index (χ2n) is 8.89. The number of anilines is 1. The predicted molar refractivity (Wildman–Crippen MR) is 148 cm³/mol. The zero-order chi connectivity index (χ0) is 27.7. The summed E-state index contributed by atoms with van der Waals surface area (Å²) in [5.41, 5.74) is 1.56. The number of halogens is 2. The van der Waals surface area contributed by atoms with Gasteiger partial charge in [-0.05, 0) is 47.9 Å². The van der Waals surface area contributed by atoms with E-state index in [2.05, 4.69) is 5.32 Å². The summed E-state index contributed by atoms with van der Waals surface area (Å²) in [6.07, 6.45) is 1.87. The molecule has 1 atom stereocenters. The number of hydrogen-bond donors (Lipinski definition) is 1. The van der Waals surface area contributed by atoms with Gasteiger partial charge in [0, 0.05) is 24.5 Å². The minimum atomic E-state index is -3.96. The third-order valence-corrected chi connectivity index (χ3v) is 7.25. The SMILES string of the molecule is CCCNC(=O)[C@H](Cc1ccccc1)N(Cc1ccc(Cl)cc1)C(=O)CN(c1cccc(F)c1)S(C)(=O)=O. The number of hydrogen-bond acceptors (Lipinski definition) is 4. The quantitative estimate of drug-likeness (QED) is 0.356. The maximum Gasteiger partial charge on any atom is 0.244 e. The molecule has 0 aliphatic carbocycles. The van der Waals surface area contributed by atoms with Crippen LogP contribution >= 0.6 is 11.6 Å². The van der Waals surface area contributed by atoms with Crippen LogP contribution in [0.15, 0.2) is 78.9 Å². The van der Waals surface area contributed by atoms with E-state index in [0.29, 0.717) is 23.6 Å². The van der Waals surface area contributed by atoms with E-state index in [1.807, 2.05) is 37.3 Å². The molecular formula is C28H31ClFN3O4S. The molecule has 0 heterocycles. The minimum absolute atomic E-state index is 0.0161. The molecule has 0 aliphatic rings. The van der Waals surface area contributed by atoms with Gasteiger partial charge >= 0.3 is 0 Å². The molecule has 10 heteroatoms. The molecule has 202 valence electrons. The van der Waals surface area contributed by atoms with Gasteiger partial charge in [0.2, 0.25) is 21.8 Å². The van der Waals surface area contributed by atoms with Gasteiger partial charge in [-0.15, -0.1) is 0 Å². The van der Waals surface area contributed by atoms with E-state index in [0.717, 1.165) is 22.2 Å². The van der Waals surface area contributed by atoms with Gasteiger partial charge in [-0.2, -0.15) is 0 Å². The van der Waals surface area contributed by atoms with Gasteiger partial charge in [-0.1, -0.05) is 67.1 Å². The largest absolute Gasteiger partial charge is 0.354 e. The third kappa shape index (κ3) is 8.29. The number of sulfonamides is 1. The molecule has 0 bridgehead atoms. The van der Waals surface area contributed by atoms with E-state index in [9.17, 15) is 22.4 Å². The fourth-order valence-corrected chi connectivity index (χ4v) is 4.92. The summed E-state index contributed by atoms with van der Waals surface area (Å²) in [5, 5.41) is 3.39.